The van der Waals surface area contributed by atoms with Crippen LogP contribution in [0.2, 0.25) is 0 Å². The van der Waals surface area contributed by atoms with Gasteiger partial charge in [-0.2, -0.15) is 0 Å². The summed E-state index contributed by atoms with van der Waals surface area (Å²) in [7, 11) is 3.82. The molecule has 122 valence electrons. The maximum atomic E-state index is 11.9. The third-order valence-electron chi connectivity index (χ3n) is 4.36. The second kappa shape index (κ2) is 7.21. The van der Waals surface area contributed by atoms with Crippen LogP contribution in [0.3, 0.4) is 0 Å². The van der Waals surface area contributed by atoms with E-state index in [-0.39, 0.29) is 5.91 Å². The van der Waals surface area contributed by atoms with Crippen LogP contribution < -0.4 is 5.32 Å². The van der Waals surface area contributed by atoms with E-state index in [1.807, 2.05) is 29.9 Å². The van der Waals surface area contributed by atoms with Crippen LogP contribution in [-0.2, 0) is 6.54 Å². The highest BCUT2D eigenvalue weighted by Gasteiger charge is 2.26. The van der Waals surface area contributed by atoms with E-state index >= 15 is 0 Å². The fraction of sp³-hybridized carbons (Fsp3) is 0.412. The number of nitrogens with zero attached hydrogens (tertiary/aromatic N) is 3. The number of amides is 1. The number of aromatic nitrogens is 1. The number of carbonyl (C=O) groups is 1. The Hall–Kier alpha value is -1.76. The van der Waals surface area contributed by atoms with Crippen LogP contribution in [0.1, 0.15) is 26.8 Å². The van der Waals surface area contributed by atoms with Crippen molar-refractivity contribution in [3.05, 3.63) is 52.0 Å². The Bertz CT molecular complexity index is 658. The highest BCUT2D eigenvalue weighted by Crippen LogP contribution is 2.26. The SMILES string of the molecule is CNC(=O)c1cccc(C2CN(Cc3cncs3)CCN2C)c1. The zero-order valence-corrected chi connectivity index (χ0v) is 14.3. The molecule has 3 rings (SSSR count). The van der Waals surface area contributed by atoms with Crippen molar-refractivity contribution in [3.63, 3.8) is 0 Å². The standard InChI is InChI=1S/C17H22N4OS/c1-18-17(22)14-5-3-4-13(8-14)16-11-21(7-6-20(16)2)10-15-9-19-12-23-15/h3-5,8-9,12,16H,6-7,10-11H2,1-2H3,(H,18,22). The van der Waals surface area contributed by atoms with Gasteiger partial charge in [0.1, 0.15) is 0 Å². The Morgan fingerprint density at radius 3 is 3.04 bits per heavy atom. The van der Waals surface area contributed by atoms with Gasteiger partial charge in [-0.25, -0.2) is 0 Å². The quantitative estimate of drug-likeness (QED) is 0.931. The summed E-state index contributed by atoms with van der Waals surface area (Å²) in [6.07, 6.45) is 1.95. The highest BCUT2D eigenvalue weighted by molar-refractivity contribution is 7.09. The zero-order valence-electron chi connectivity index (χ0n) is 13.5. The molecule has 1 atom stereocenters. The maximum absolute atomic E-state index is 11.9. The Labute approximate surface area is 140 Å². The molecule has 0 spiro atoms. The summed E-state index contributed by atoms with van der Waals surface area (Å²) >= 11 is 1.70. The minimum absolute atomic E-state index is 0.0353. The van der Waals surface area contributed by atoms with E-state index < -0.39 is 0 Å². The maximum Gasteiger partial charge on any atom is 0.251 e. The third kappa shape index (κ3) is 3.77. The van der Waals surface area contributed by atoms with Gasteiger partial charge in [0.25, 0.3) is 5.91 Å². The molecule has 1 aliphatic rings. The van der Waals surface area contributed by atoms with Gasteiger partial charge in [-0.15, -0.1) is 11.3 Å². The van der Waals surface area contributed by atoms with E-state index in [0.29, 0.717) is 6.04 Å². The molecule has 1 aliphatic heterocycles. The van der Waals surface area contributed by atoms with Gasteiger partial charge in [0.05, 0.1) is 5.51 Å². The first-order valence-electron chi connectivity index (χ1n) is 7.79. The average molecular weight is 330 g/mol. The minimum atomic E-state index is -0.0353. The molecule has 2 heterocycles. The number of nitrogens with one attached hydrogen (secondary N) is 1. The summed E-state index contributed by atoms with van der Waals surface area (Å²) in [5, 5.41) is 2.69. The van der Waals surface area contributed by atoms with E-state index in [2.05, 4.69) is 33.2 Å². The van der Waals surface area contributed by atoms with Crippen LogP contribution in [0.5, 0.6) is 0 Å². The molecule has 2 aromatic rings. The molecule has 1 unspecified atom stereocenters. The third-order valence-corrected chi connectivity index (χ3v) is 5.12. The predicted molar refractivity (Wildman–Crippen MR) is 92.6 cm³/mol. The lowest BCUT2D eigenvalue weighted by molar-refractivity contribution is 0.0907. The summed E-state index contributed by atoms with van der Waals surface area (Å²) in [5.74, 6) is -0.0353. The molecule has 23 heavy (non-hydrogen) atoms. The molecular formula is C17H22N4OS. The average Bonchev–Trinajstić information content (AvgIpc) is 3.09. The molecule has 1 aromatic heterocycles. The predicted octanol–water partition coefficient (Wildman–Crippen LogP) is 1.99. The van der Waals surface area contributed by atoms with E-state index in [1.165, 1.54) is 10.4 Å². The molecule has 1 saturated heterocycles. The summed E-state index contributed by atoms with van der Waals surface area (Å²) < 4.78 is 0. The Morgan fingerprint density at radius 1 is 1.43 bits per heavy atom. The highest BCUT2D eigenvalue weighted by atomic mass is 32.1. The summed E-state index contributed by atoms with van der Waals surface area (Å²) in [6, 6.07) is 8.26. The van der Waals surface area contributed by atoms with E-state index in [9.17, 15) is 4.79 Å². The second-order valence-electron chi connectivity index (χ2n) is 5.90. The van der Waals surface area contributed by atoms with Crippen molar-refractivity contribution in [2.24, 2.45) is 0 Å². The fourth-order valence-electron chi connectivity index (χ4n) is 3.01. The van der Waals surface area contributed by atoms with Gasteiger partial charge in [0, 0.05) is 55.9 Å². The lowest BCUT2D eigenvalue weighted by atomic mass is 10.00. The van der Waals surface area contributed by atoms with Crippen molar-refractivity contribution in [1.29, 1.82) is 0 Å². The van der Waals surface area contributed by atoms with Crippen LogP contribution in [0.4, 0.5) is 0 Å². The van der Waals surface area contributed by atoms with E-state index in [0.717, 1.165) is 31.7 Å². The number of likely N-dealkylation sites (N-methyl/N-ethyl adjacent to an activating group) is 1. The Kier molecular flexibility index (Phi) is 5.05. The normalized spacial score (nSPS) is 19.7. The van der Waals surface area contributed by atoms with E-state index in [1.54, 1.807) is 18.4 Å². The first kappa shape index (κ1) is 16.1. The van der Waals surface area contributed by atoms with E-state index in [4.69, 9.17) is 0 Å². The molecule has 1 N–H and O–H groups in total. The molecule has 0 radical (unpaired) electrons. The molecule has 5 nitrogen and oxygen atoms in total. The molecule has 6 heteroatoms. The summed E-state index contributed by atoms with van der Waals surface area (Å²) in [5.41, 5.74) is 3.80. The van der Waals surface area contributed by atoms with Crippen LogP contribution >= 0.6 is 11.3 Å². The van der Waals surface area contributed by atoms with Crippen molar-refractivity contribution in [1.82, 2.24) is 20.1 Å². The number of hydrogen-bond donors (Lipinski definition) is 1. The van der Waals surface area contributed by atoms with Crippen LogP contribution in [-0.4, -0.2) is 54.4 Å². The van der Waals surface area contributed by atoms with Crippen molar-refractivity contribution >= 4 is 17.2 Å². The monoisotopic (exact) mass is 330 g/mol. The van der Waals surface area contributed by atoms with Gasteiger partial charge >= 0.3 is 0 Å². The molecule has 0 bridgehead atoms. The molecule has 1 amide bonds. The molecule has 1 fully saturated rings. The topological polar surface area (TPSA) is 48.5 Å². The lowest BCUT2D eigenvalue weighted by Crippen LogP contribution is -2.46. The van der Waals surface area contributed by atoms with Crippen molar-refractivity contribution in [2.45, 2.75) is 12.6 Å². The number of rotatable bonds is 4. The van der Waals surface area contributed by atoms with Crippen LogP contribution in [0.25, 0.3) is 0 Å². The summed E-state index contributed by atoms with van der Waals surface area (Å²) in [6.45, 7) is 3.99. The van der Waals surface area contributed by atoms with Gasteiger partial charge < -0.3 is 5.32 Å². The van der Waals surface area contributed by atoms with Crippen molar-refractivity contribution in [3.8, 4) is 0 Å². The van der Waals surface area contributed by atoms with Gasteiger partial charge in [0.2, 0.25) is 0 Å². The minimum Gasteiger partial charge on any atom is -0.355 e. The number of carbonyl (C=O) groups excluding carboxylic acids is 1. The molecule has 1 aromatic carbocycles. The first-order valence-corrected chi connectivity index (χ1v) is 8.67. The fourth-order valence-corrected chi connectivity index (χ4v) is 3.64. The van der Waals surface area contributed by atoms with Crippen molar-refractivity contribution in [2.75, 3.05) is 33.7 Å². The molecule has 0 aliphatic carbocycles. The summed E-state index contributed by atoms with van der Waals surface area (Å²) in [4.78, 5) is 22.2. The Balaban J connectivity index is 1.76. The second-order valence-corrected chi connectivity index (χ2v) is 6.87. The number of piperazine rings is 1. The number of benzene rings is 1. The number of hydrogen-bond acceptors (Lipinski definition) is 5. The largest absolute Gasteiger partial charge is 0.355 e. The van der Waals surface area contributed by atoms with Gasteiger partial charge in [-0.3, -0.25) is 19.6 Å². The van der Waals surface area contributed by atoms with Gasteiger partial charge in [-0.1, -0.05) is 12.1 Å². The molecule has 0 saturated carbocycles. The lowest BCUT2D eigenvalue weighted by Gasteiger charge is -2.39. The number of thiazole rings is 1. The first-order chi connectivity index (χ1) is 11.2. The van der Waals surface area contributed by atoms with Gasteiger partial charge in [-0.05, 0) is 24.7 Å². The zero-order chi connectivity index (χ0) is 16.2. The molecular weight excluding hydrogens is 308 g/mol. The van der Waals surface area contributed by atoms with Crippen LogP contribution in [0, 0.1) is 0 Å². The Morgan fingerprint density at radius 2 is 2.30 bits per heavy atom. The van der Waals surface area contributed by atoms with Crippen LogP contribution in [0.15, 0.2) is 36.0 Å². The van der Waals surface area contributed by atoms with Gasteiger partial charge in [0.15, 0.2) is 0 Å². The van der Waals surface area contributed by atoms with Crippen molar-refractivity contribution < 1.29 is 4.79 Å². The smallest absolute Gasteiger partial charge is 0.251 e.